The smallest absolute Gasteiger partial charge is 0.118 e. The molecule has 102 valence electrons. The van der Waals surface area contributed by atoms with E-state index >= 15 is 0 Å². The van der Waals surface area contributed by atoms with Gasteiger partial charge in [0.2, 0.25) is 0 Å². The molecular formula is C14H18N2O2S. The van der Waals surface area contributed by atoms with Crippen molar-refractivity contribution in [3.05, 3.63) is 39.7 Å². The van der Waals surface area contributed by atoms with Crippen molar-refractivity contribution >= 4 is 11.3 Å². The van der Waals surface area contributed by atoms with Crippen LogP contribution in [0.3, 0.4) is 0 Å². The molecule has 3 heterocycles. The summed E-state index contributed by atoms with van der Waals surface area (Å²) in [5.41, 5.74) is 1.08. The first-order valence-corrected chi connectivity index (χ1v) is 7.39. The number of aryl methyl sites for hydroxylation is 2. The van der Waals surface area contributed by atoms with E-state index in [0.717, 1.165) is 41.9 Å². The topological polar surface area (TPSA) is 38.5 Å². The average Bonchev–Trinajstić information content (AvgIpc) is 2.99. The zero-order chi connectivity index (χ0) is 13.2. The minimum Gasteiger partial charge on any atom is -0.465 e. The van der Waals surface area contributed by atoms with E-state index in [1.54, 1.807) is 11.3 Å². The molecule has 0 bridgehead atoms. The highest BCUT2D eigenvalue weighted by Crippen LogP contribution is 2.28. The van der Waals surface area contributed by atoms with Gasteiger partial charge in [0.15, 0.2) is 0 Å². The Labute approximate surface area is 117 Å². The summed E-state index contributed by atoms with van der Waals surface area (Å²) in [6.07, 6.45) is 0. The molecule has 19 heavy (non-hydrogen) atoms. The lowest BCUT2D eigenvalue weighted by atomic mass is 10.2. The van der Waals surface area contributed by atoms with Crippen molar-refractivity contribution in [3.8, 4) is 0 Å². The van der Waals surface area contributed by atoms with E-state index in [-0.39, 0.29) is 6.04 Å². The number of hydrogen-bond donors (Lipinski definition) is 0. The fraction of sp³-hybridized carbons (Fsp3) is 0.500. The lowest BCUT2D eigenvalue weighted by Crippen LogP contribution is -2.38. The zero-order valence-electron chi connectivity index (χ0n) is 11.3. The molecule has 2 aromatic rings. The lowest BCUT2D eigenvalue weighted by Gasteiger charge is -2.33. The van der Waals surface area contributed by atoms with Crippen LogP contribution in [0.1, 0.15) is 28.3 Å². The SMILES string of the molecule is Cc1csc([C@@H]2COCCN2Cc2ccc(C)o2)n1. The molecule has 2 aromatic heterocycles. The quantitative estimate of drug-likeness (QED) is 0.865. The number of furan rings is 1. The third-order valence-electron chi connectivity index (χ3n) is 3.32. The second-order valence-corrected chi connectivity index (χ2v) is 5.79. The lowest BCUT2D eigenvalue weighted by molar-refractivity contribution is -0.0155. The fourth-order valence-corrected chi connectivity index (χ4v) is 3.27. The molecule has 0 N–H and O–H groups in total. The number of ether oxygens (including phenoxy) is 1. The minimum absolute atomic E-state index is 0.248. The van der Waals surface area contributed by atoms with Crippen LogP contribution in [0, 0.1) is 13.8 Å². The fourth-order valence-electron chi connectivity index (χ4n) is 2.35. The Hall–Kier alpha value is -1.17. The maximum atomic E-state index is 5.68. The van der Waals surface area contributed by atoms with Crippen LogP contribution in [0.25, 0.3) is 0 Å². The van der Waals surface area contributed by atoms with Crippen molar-refractivity contribution in [1.29, 1.82) is 0 Å². The van der Waals surface area contributed by atoms with Crippen LogP contribution in [0.4, 0.5) is 0 Å². The van der Waals surface area contributed by atoms with E-state index in [9.17, 15) is 0 Å². The van der Waals surface area contributed by atoms with Crippen molar-refractivity contribution in [2.24, 2.45) is 0 Å². The number of hydrogen-bond acceptors (Lipinski definition) is 5. The maximum absolute atomic E-state index is 5.68. The Bertz CT molecular complexity index is 549. The van der Waals surface area contributed by atoms with Crippen LogP contribution < -0.4 is 0 Å². The molecular weight excluding hydrogens is 260 g/mol. The predicted molar refractivity (Wildman–Crippen MR) is 74.3 cm³/mol. The van der Waals surface area contributed by atoms with Gasteiger partial charge in [0.1, 0.15) is 16.5 Å². The van der Waals surface area contributed by atoms with E-state index in [4.69, 9.17) is 9.15 Å². The van der Waals surface area contributed by atoms with Gasteiger partial charge < -0.3 is 9.15 Å². The molecule has 1 saturated heterocycles. The van der Waals surface area contributed by atoms with Crippen LogP contribution in [-0.2, 0) is 11.3 Å². The third-order valence-corrected chi connectivity index (χ3v) is 4.38. The molecule has 0 aromatic carbocycles. The van der Waals surface area contributed by atoms with Gasteiger partial charge in [0.05, 0.1) is 25.8 Å². The van der Waals surface area contributed by atoms with E-state index in [1.165, 1.54) is 0 Å². The molecule has 1 aliphatic rings. The Balaban J connectivity index is 1.77. The summed E-state index contributed by atoms with van der Waals surface area (Å²) in [4.78, 5) is 6.99. The van der Waals surface area contributed by atoms with Gasteiger partial charge in [-0.25, -0.2) is 4.98 Å². The van der Waals surface area contributed by atoms with Gasteiger partial charge in [-0.2, -0.15) is 0 Å². The van der Waals surface area contributed by atoms with Crippen molar-refractivity contribution < 1.29 is 9.15 Å². The monoisotopic (exact) mass is 278 g/mol. The van der Waals surface area contributed by atoms with Gasteiger partial charge in [-0.1, -0.05) is 0 Å². The highest BCUT2D eigenvalue weighted by atomic mass is 32.1. The molecule has 0 aliphatic carbocycles. The number of nitrogens with zero attached hydrogens (tertiary/aromatic N) is 2. The van der Waals surface area contributed by atoms with Crippen molar-refractivity contribution in [1.82, 2.24) is 9.88 Å². The average molecular weight is 278 g/mol. The summed E-state index contributed by atoms with van der Waals surface area (Å²) < 4.78 is 11.3. The number of rotatable bonds is 3. The van der Waals surface area contributed by atoms with Crippen LogP contribution in [-0.4, -0.2) is 29.6 Å². The highest BCUT2D eigenvalue weighted by molar-refractivity contribution is 7.09. The first-order chi connectivity index (χ1) is 9.22. The van der Waals surface area contributed by atoms with E-state index in [1.807, 2.05) is 19.9 Å². The maximum Gasteiger partial charge on any atom is 0.118 e. The molecule has 0 amide bonds. The number of morpholine rings is 1. The van der Waals surface area contributed by atoms with E-state index in [0.29, 0.717) is 6.61 Å². The Kier molecular flexibility index (Phi) is 3.68. The number of aromatic nitrogens is 1. The largest absolute Gasteiger partial charge is 0.465 e. The molecule has 0 radical (unpaired) electrons. The minimum atomic E-state index is 0.248. The number of thiazole rings is 1. The van der Waals surface area contributed by atoms with E-state index in [2.05, 4.69) is 21.3 Å². The standard InChI is InChI=1S/C14H18N2O2S/c1-10-9-19-14(15-10)13-8-17-6-5-16(13)7-12-4-3-11(2)18-12/h3-4,9,13H,5-8H2,1-2H3/t13-/m0/s1. The molecule has 3 rings (SSSR count). The molecule has 4 nitrogen and oxygen atoms in total. The first kappa shape index (κ1) is 12.8. The van der Waals surface area contributed by atoms with Crippen molar-refractivity contribution in [2.75, 3.05) is 19.8 Å². The van der Waals surface area contributed by atoms with Crippen molar-refractivity contribution in [2.45, 2.75) is 26.4 Å². The van der Waals surface area contributed by atoms with Gasteiger partial charge >= 0.3 is 0 Å². The Morgan fingerprint density at radius 2 is 2.32 bits per heavy atom. The van der Waals surface area contributed by atoms with Crippen LogP contribution in [0.5, 0.6) is 0 Å². The Morgan fingerprint density at radius 1 is 1.42 bits per heavy atom. The summed E-state index contributed by atoms with van der Waals surface area (Å²) in [5.74, 6) is 1.97. The van der Waals surface area contributed by atoms with Crippen LogP contribution in [0.15, 0.2) is 21.9 Å². The van der Waals surface area contributed by atoms with E-state index < -0.39 is 0 Å². The predicted octanol–water partition coefficient (Wildman–Crippen LogP) is 2.93. The summed E-state index contributed by atoms with van der Waals surface area (Å²) in [6, 6.07) is 4.31. The van der Waals surface area contributed by atoms with Gasteiger partial charge in [-0.05, 0) is 26.0 Å². The van der Waals surface area contributed by atoms with Gasteiger partial charge in [0.25, 0.3) is 0 Å². The van der Waals surface area contributed by atoms with Crippen molar-refractivity contribution in [3.63, 3.8) is 0 Å². The summed E-state index contributed by atoms with van der Waals surface area (Å²) in [7, 11) is 0. The summed E-state index contributed by atoms with van der Waals surface area (Å²) in [6.45, 7) is 7.24. The second-order valence-electron chi connectivity index (χ2n) is 4.90. The van der Waals surface area contributed by atoms with Crippen LogP contribution >= 0.6 is 11.3 Å². The molecule has 1 fully saturated rings. The van der Waals surface area contributed by atoms with Crippen LogP contribution in [0.2, 0.25) is 0 Å². The first-order valence-electron chi connectivity index (χ1n) is 6.51. The van der Waals surface area contributed by atoms with Gasteiger partial charge in [0, 0.05) is 17.6 Å². The molecule has 5 heteroatoms. The molecule has 0 saturated carbocycles. The molecule has 1 atom stereocenters. The molecule has 0 unspecified atom stereocenters. The second kappa shape index (κ2) is 5.45. The zero-order valence-corrected chi connectivity index (χ0v) is 12.1. The van der Waals surface area contributed by atoms with Gasteiger partial charge in [-0.3, -0.25) is 4.90 Å². The third kappa shape index (κ3) is 2.88. The summed E-state index contributed by atoms with van der Waals surface area (Å²) in [5, 5.41) is 3.24. The molecule has 0 spiro atoms. The van der Waals surface area contributed by atoms with Gasteiger partial charge in [-0.15, -0.1) is 11.3 Å². The highest BCUT2D eigenvalue weighted by Gasteiger charge is 2.27. The normalized spacial score (nSPS) is 20.8. The Morgan fingerprint density at radius 3 is 3.00 bits per heavy atom. The summed E-state index contributed by atoms with van der Waals surface area (Å²) >= 11 is 1.71. The molecule has 1 aliphatic heterocycles.